The average molecular weight is 252 g/mol. The number of hydrogen-bond acceptors (Lipinski definition) is 2. The maximum Gasteiger partial charge on any atom is 0.141 e. The van der Waals surface area contributed by atoms with Crippen LogP contribution >= 0.6 is 11.6 Å². The lowest BCUT2D eigenvalue weighted by atomic mass is 9.65. The van der Waals surface area contributed by atoms with Crippen LogP contribution in [0.25, 0.3) is 0 Å². The second-order valence-corrected chi connectivity index (χ2v) is 6.03. The first-order chi connectivity index (χ1) is 7.92. The molecule has 1 saturated carbocycles. The molecule has 0 aliphatic heterocycles. The van der Waals surface area contributed by atoms with E-state index in [2.05, 4.69) is 4.98 Å². The average Bonchev–Trinajstić information content (AvgIpc) is 2.26. The van der Waals surface area contributed by atoms with E-state index in [1.54, 1.807) is 6.20 Å². The van der Waals surface area contributed by atoms with Gasteiger partial charge in [0.1, 0.15) is 10.9 Å². The molecule has 0 saturated heterocycles. The van der Waals surface area contributed by atoms with E-state index in [0.29, 0.717) is 16.9 Å². The van der Waals surface area contributed by atoms with Gasteiger partial charge in [0.05, 0.1) is 0 Å². The van der Waals surface area contributed by atoms with Crippen LogP contribution < -0.4 is 0 Å². The molecule has 0 N–H and O–H groups in total. The zero-order valence-electron chi connectivity index (χ0n) is 10.5. The Kier molecular flexibility index (Phi) is 3.26. The zero-order chi connectivity index (χ0) is 12.6. The fourth-order valence-corrected chi connectivity index (χ4v) is 3.21. The van der Waals surface area contributed by atoms with Gasteiger partial charge in [0.15, 0.2) is 0 Å². The van der Waals surface area contributed by atoms with Gasteiger partial charge >= 0.3 is 0 Å². The number of hydrogen-bond donors (Lipinski definition) is 0. The molecule has 3 heteroatoms. The maximum absolute atomic E-state index is 12.1. The number of carbonyl (C=O) groups excluding carboxylic acids is 1. The molecule has 1 aromatic rings. The van der Waals surface area contributed by atoms with E-state index in [4.69, 9.17) is 11.6 Å². The second kappa shape index (κ2) is 4.41. The number of nitrogens with zero attached hydrogens (tertiary/aromatic N) is 1. The number of carbonyl (C=O) groups is 1. The Labute approximate surface area is 107 Å². The van der Waals surface area contributed by atoms with Gasteiger partial charge in [-0.3, -0.25) is 4.79 Å². The second-order valence-electron chi connectivity index (χ2n) is 5.67. The van der Waals surface area contributed by atoms with E-state index in [9.17, 15) is 4.79 Å². The topological polar surface area (TPSA) is 30.0 Å². The minimum absolute atomic E-state index is 0.111. The van der Waals surface area contributed by atoms with Gasteiger partial charge in [0.25, 0.3) is 0 Å². The highest BCUT2D eigenvalue weighted by atomic mass is 35.5. The SMILES string of the molecule is CC1CC(c2cccnc2Cl)CC(C)(C)C1=O. The predicted molar refractivity (Wildman–Crippen MR) is 69.2 cm³/mol. The Morgan fingerprint density at radius 2 is 2.18 bits per heavy atom. The van der Waals surface area contributed by atoms with E-state index in [0.717, 1.165) is 18.4 Å². The Morgan fingerprint density at radius 3 is 2.76 bits per heavy atom. The summed E-state index contributed by atoms with van der Waals surface area (Å²) < 4.78 is 0. The smallest absolute Gasteiger partial charge is 0.141 e. The van der Waals surface area contributed by atoms with Gasteiger partial charge < -0.3 is 0 Å². The molecule has 2 atom stereocenters. The van der Waals surface area contributed by atoms with E-state index < -0.39 is 0 Å². The number of pyridine rings is 1. The summed E-state index contributed by atoms with van der Waals surface area (Å²) in [7, 11) is 0. The van der Waals surface area contributed by atoms with Crippen molar-refractivity contribution in [1.82, 2.24) is 4.98 Å². The molecule has 1 fully saturated rings. The summed E-state index contributed by atoms with van der Waals surface area (Å²) >= 11 is 6.14. The molecule has 1 aliphatic rings. The normalized spacial score (nSPS) is 28.1. The van der Waals surface area contributed by atoms with Crippen molar-refractivity contribution in [3.05, 3.63) is 29.0 Å². The van der Waals surface area contributed by atoms with Crippen LogP contribution in [0.2, 0.25) is 5.15 Å². The third kappa shape index (κ3) is 2.37. The van der Waals surface area contributed by atoms with Gasteiger partial charge in [-0.15, -0.1) is 0 Å². The molecule has 1 aromatic heterocycles. The predicted octanol–water partition coefficient (Wildman–Crippen LogP) is 3.84. The minimum atomic E-state index is -0.249. The molecule has 2 rings (SSSR count). The number of Topliss-reactive ketones (excluding diaryl/α,β-unsaturated/α-hetero) is 1. The lowest BCUT2D eigenvalue weighted by Crippen LogP contribution is -2.37. The molecular formula is C14H18ClNO. The molecule has 0 amide bonds. The van der Waals surface area contributed by atoms with Crippen molar-refractivity contribution in [2.75, 3.05) is 0 Å². The highest BCUT2D eigenvalue weighted by molar-refractivity contribution is 6.30. The summed E-state index contributed by atoms with van der Waals surface area (Å²) in [5, 5.41) is 0.579. The van der Waals surface area contributed by atoms with Crippen molar-refractivity contribution in [1.29, 1.82) is 0 Å². The standard InChI is InChI=1S/C14H18ClNO/c1-9-7-10(8-14(2,3)12(9)17)11-5-4-6-16-13(11)15/h4-6,9-10H,7-8H2,1-3H3. The molecular weight excluding hydrogens is 234 g/mol. The monoisotopic (exact) mass is 251 g/mol. The first kappa shape index (κ1) is 12.6. The molecule has 0 spiro atoms. The van der Waals surface area contributed by atoms with Crippen LogP contribution in [0.3, 0.4) is 0 Å². The number of ketones is 1. The van der Waals surface area contributed by atoms with Gasteiger partial charge in [-0.25, -0.2) is 4.98 Å². The lowest BCUT2D eigenvalue weighted by molar-refractivity contribution is -0.134. The molecule has 1 heterocycles. The van der Waals surface area contributed by atoms with Crippen LogP contribution in [0.5, 0.6) is 0 Å². The van der Waals surface area contributed by atoms with E-state index in [1.807, 2.05) is 32.9 Å². The van der Waals surface area contributed by atoms with E-state index in [1.165, 1.54) is 0 Å². The van der Waals surface area contributed by atoms with Crippen LogP contribution in [0.4, 0.5) is 0 Å². The van der Waals surface area contributed by atoms with Crippen molar-refractivity contribution in [3.8, 4) is 0 Å². The third-order valence-corrected chi connectivity index (χ3v) is 4.05. The number of aromatic nitrogens is 1. The summed E-state index contributed by atoms with van der Waals surface area (Å²) in [5.41, 5.74) is 0.836. The van der Waals surface area contributed by atoms with Crippen LogP contribution in [-0.2, 0) is 4.79 Å². The van der Waals surface area contributed by atoms with Crippen LogP contribution in [-0.4, -0.2) is 10.8 Å². The molecule has 0 bridgehead atoms. The molecule has 2 unspecified atom stereocenters. The fourth-order valence-electron chi connectivity index (χ4n) is 2.94. The number of halogens is 1. The Morgan fingerprint density at radius 1 is 1.47 bits per heavy atom. The Hall–Kier alpha value is -0.890. The first-order valence-corrected chi connectivity index (χ1v) is 6.44. The largest absolute Gasteiger partial charge is 0.299 e. The summed E-state index contributed by atoms with van der Waals surface area (Å²) in [5.74, 6) is 0.827. The van der Waals surface area contributed by atoms with E-state index in [-0.39, 0.29) is 11.3 Å². The van der Waals surface area contributed by atoms with Gasteiger partial charge in [-0.2, -0.15) is 0 Å². The van der Waals surface area contributed by atoms with Crippen LogP contribution in [0.15, 0.2) is 18.3 Å². The molecule has 17 heavy (non-hydrogen) atoms. The van der Waals surface area contributed by atoms with Crippen molar-refractivity contribution in [2.45, 2.75) is 39.5 Å². The minimum Gasteiger partial charge on any atom is -0.299 e. The summed E-state index contributed by atoms with van der Waals surface area (Å²) in [6, 6.07) is 3.94. The molecule has 92 valence electrons. The van der Waals surface area contributed by atoms with Crippen molar-refractivity contribution < 1.29 is 4.79 Å². The highest BCUT2D eigenvalue weighted by Crippen LogP contribution is 2.44. The summed E-state index contributed by atoms with van der Waals surface area (Å²) in [6.07, 6.45) is 3.45. The van der Waals surface area contributed by atoms with Gasteiger partial charge in [0.2, 0.25) is 0 Å². The van der Waals surface area contributed by atoms with Gasteiger partial charge in [-0.05, 0) is 30.4 Å². The molecule has 1 aliphatic carbocycles. The number of rotatable bonds is 1. The van der Waals surface area contributed by atoms with Gasteiger partial charge in [0, 0.05) is 17.5 Å². The Balaban J connectivity index is 2.30. The summed E-state index contributed by atoms with van der Waals surface area (Å²) in [6.45, 7) is 6.07. The molecule has 0 radical (unpaired) electrons. The van der Waals surface area contributed by atoms with Crippen LogP contribution in [0.1, 0.15) is 45.1 Å². The highest BCUT2D eigenvalue weighted by Gasteiger charge is 2.40. The summed E-state index contributed by atoms with van der Waals surface area (Å²) in [4.78, 5) is 16.2. The molecule has 2 nitrogen and oxygen atoms in total. The fraction of sp³-hybridized carbons (Fsp3) is 0.571. The van der Waals surface area contributed by atoms with E-state index >= 15 is 0 Å². The zero-order valence-corrected chi connectivity index (χ0v) is 11.3. The van der Waals surface area contributed by atoms with Gasteiger partial charge in [-0.1, -0.05) is 38.4 Å². The first-order valence-electron chi connectivity index (χ1n) is 6.06. The van der Waals surface area contributed by atoms with Crippen molar-refractivity contribution >= 4 is 17.4 Å². The Bertz CT molecular complexity index is 442. The lowest BCUT2D eigenvalue weighted by Gasteiger charge is -2.37. The van der Waals surface area contributed by atoms with Crippen molar-refractivity contribution in [3.63, 3.8) is 0 Å². The molecule has 0 aromatic carbocycles. The maximum atomic E-state index is 12.1. The van der Waals surface area contributed by atoms with Crippen LogP contribution in [0, 0.1) is 11.3 Å². The third-order valence-electron chi connectivity index (χ3n) is 3.74. The van der Waals surface area contributed by atoms with Crippen molar-refractivity contribution in [2.24, 2.45) is 11.3 Å². The quantitative estimate of drug-likeness (QED) is 0.710.